The van der Waals surface area contributed by atoms with Gasteiger partial charge in [-0.3, -0.25) is 0 Å². The van der Waals surface area contributed by atoms with Gasteiger partial charge in [0.15, 0.2) is 8.32 Å². The Morgan fingerprint density at radius 3 is 1.20 bits per heavy atom. The van der Waals surface area contributed by atoms with Crippen molar-refractivity contribution in [1.29, 1.82) is 0 Å². The van der Waals surface area contributed by atoms with Crippen LogP contribution < -0.4 is 0 Å². The maximum absolute atomic E-state index is 6.96. The molecule has 3 aromatic rings. The predicted molar refractivity (Wildman–Crippen MR) is 126 cm³/mol. The lowest BCUT2D eigenvalue weighted by Crippen LogP contribution is -2.52. The standard InChI is InChI=1S/C21H21OSi.2C2H5O.Al/c22-23(16-19-10-4-1-5-11-19,17-20-12-6-2-7-13-20)18-21-14-8-3-9-15-21;2*1-2-3;/h1-15H,16-18H2;2*2H2,1H3;/q3*-1;+3. The topological polar surface area (TPSA) is 27.7 Å². The summed E-state index contributed by atoms with van der Waals surface area (Å²) in [7, 11) is -2.34. The summed E-state index contributed by atoms with van der Waals surface area (Å²) in [6.07, 6.45) is 0. The highest BCUT2D eigenvalue weighted by Gasteiger charge is 2.44. The molecule has 0 aliphatic rings. The summed E-state index contributed by atoms with van der Waals surface area (Å²) in [4.78, 5) is 0. The fourth-order valence-corrected chi connectivity index (χ4v) is 10.9. The molecule has 0 atom stereocenters. The summed E-state index contributed by atoms with van der Waals surface area (Å²) in [5.74, 6) is 0. The molecular weight excluding hydrogens is 403 g/mol. The monoisotopic (exact) mass is 434 g/mol. The maximum Gasteiger partial charge on any atom is 0.894 e. The second kappa shape index (κ2) is 12.2. The molecule has 0 saturated carbocycles. The van der Waals surface area contributed by atoms with Gasteiger partial charge in [-0.25, -0.2) is 0 Å². The number of benzene rings is 3. The summed E-state index contributed by atoms with van der Waals surface area (Å²) in [6.45, 7) is 5.25. The Labute approximate surface area is 187 Å². The Balaban J connectivity index is 2.00. The van der Waals surface area contributed by atoms with Crippen molar-refractivity contribution in [3.05, 3.63) is 108 Å². The second-order valence-corrected chi connectivity index (χ2v) is 13.1. The zero-order chi connectivity index (χ0) is 21.1. The van der Waals surface area contributed by atoms with Gasteiger partial charge in [0.1, 0.15) is 0 Å². The highest BCUT2D eigenvalue weighted by Crippen LogP contribution is 2.25. The first-order valence-corrected chi connectivity index (χ1v) is 14.7. The van der Waals surface area contributed by atoms with Crippen molar-refractivity contribution in [2.45, 2.75) is 32.0 Å². The van der Waals surface area contributed by atoms with Crippen LogP contribution in [0.3, 0.4) is 0 Å². The molecule has 0 aromatic heterocycles. The summed E-state index contributed by atoms with van der Waals surface area (Å²) < 4.78 is 18.9. The van der Waals surface area contributed by atoms with E-state index in [0.717, 1.165) is 18.1 Å². The van der Waals surface area contributed by atoms with E-state index in [4.69, 9.17) is 11.1 Å². The van der Waals surface area contributed by atoms with Crippen LogP contribution in [0.15, 0.2) is 91.0 Å². The van der Waals surface area contributed by atoms with Gasteiger partial charge in [0, 0.05) is 13.2 Å². The minimum absolute atomic E-state index is 0.614. The van der Waals surface area contributed by atoms with E-state index in [1.54, 1.807) is 0 Å². The molecule has 0 N–H and O–H groups in total. The molecule has 0 unspecified atom stereocenters. The lowest BCUT2D eigenvalue weighted by Gasteiger charge is -2.35. The molecule has 0 saturated heterocycles. The zero-order valence-electron chi connectivity index (χ0n) is 18.0. The molecule has 0 bridgehead atoms. The van der Waals surface area contributed by atoms with Crippen LogP contribution in [0.1, 0.15) is 30.5 Å². The molecule has 30 heavy (non-hydrogen) atoms. The van der Waals surface area contributed by atoms with Crippen LogP contribution in [0.2, 0.25) is 0 Å². The minimum atomic E-state index is -2.34. The zero-order valence-corrected chi connectivity index (χ0v) is 20.2. The lowest BCUT2D eigenvalue weighted by molar-refractivity contribution is 0.148. The molecule has 0 radical (unpaired) electrons. The van der Waals surface area contributed by atoms with Crippen molar-refractivity contribution < 1.29 is 11.1 Å². The van der Waals surface area contributed by atoms with Crippen LogP contribution in [-0.4, -0.2) is 36.7 Å². The molecule has 5 heteroatoms. The summed E-state index contributed by atoms with van der Waals surface area (Å²) in [5, 5.41) is 0. The van der Waals surface area contributed by atoms with Gasteiger partial charge in [-0.05, 0) is 48.7 Å². The van der Waals surface area contributed by atoms with Crippen LogP contribution in [-0.2, 0) is 29.2 Å². The van der Waals surface area contributed by atoms with Crippen LogP contribution in [0.5, 0.6) is 0 Å². The lowest BCUT2D eigenvalue weighted by atomic mass is 10.2. The van der Waals surface area contributed by atoms with E-state index in [0.29, 0.717) is 13.2 Å². The van der Waals surface area contributed by atoms with Crippen molar-refractivity contribution in [3.8, 4) is 0 Å². The molecule has 0 aliphatic heterocycles. The van der Waals surface area contributed by atoms with E-state index in [9.17, 15) is 0 Å². The first-order valence-electron chi connectivity index (χ1n) is 10.8. The van der Waals surface area contributed by atoms with Crippen LogP contribution in [0.4, 0.5) is 0 Å². The summed E-state index contributed by atoms with van der Waals surface area (Å²) in [6, 6.07) is 34.9. The van der Waals surface area contributed by atoms with E-state index in [-0.39, 0.29) is 0 Å². The van der Waals surface area contributed by atoms with Gasteiger partial charge in [-0.2, -0.15) is 0 Å². The van der Waals surface area contributed by atoms with Crippen molar-refractivity contribution in [1.82, 2.24) is 0 Å². The average molecular weight is 435 g/mol. The van der Waals surface area contributed by atoms with Crippen molar-refractivity contribution in [2.75, 3.05) is 13.2 Å². The predicted octanol–water partition coefficient (Wildman–Crippen LogP) is 5.35. The smallest absolute Gasteiger partial charge is 0.498 e. The Morgan fingerprint density at radius 2 is 0.900 bits per heavy atom. The van der Waals surface area contributed by atoms with Gasteiger partial charge in [-0.1, -0.05) is 91.0 Å². The van der Waals surface area contributed by atoms with E-state index in [1.807, 2.05) is 13.8 Å². The molecule has 0 heterocycles. The molecular formula is C25H31AlO3Si. The van der Waals surface area contributed by atoms with Crippen LogP contribution >= 0.6 is 0 Å². The van der Waals surface area contributed by atoms with E-state index < -0.39 is 23.5 Å². The van der Waals surface area contributed by atoms with E-state index >= 15 is 0 Å². The molecule has 156 valence electrons. The van der Waals surface area contributed by atoms with Gasteiger partial charge in [0.25, 0.3) is 0 Å². The number of hydrogen-bond acceptors (Lipinski definition) is 3. The van der Waals surface area contributed by atoms with Crippen molar-refractivity contribution in [3.63, 3.8) is 0 Å². The van der Waals surface area contributed by atoms with E-state index in [2.05, 4.69) is 91.0 Å². The first-order chi connectivity index (χ1) is 14.7. The van der Waals surface area contributed by atoms with Crippen LogP contribution in [0.25, 0.3) is 0 Å². The Morgan fingerprint density at radius 1 is 0.567 bits per heavy atom. The van der Waals surface area contributed by atoms with Gasteiger partial charge in [-0.15, -0.1) is 0 Å². The molecule has 3 rings (SSSR count). The van der Waals surface area contributed by atoms with Gasteiger partial charge < -0.3 is 11.1 Å². The summed E-state index contributed by atoms with van der Waals surface area (Å²) in [5.41, 5.74) is 3.95. The van der Waals surface area contributed by atoms with Crippen LogP contribution in [0, 0.1) is 0 Å². The molecule has 0 aliphatic carbocycles. The third kappa shape index (κ3) is 7.21. The quantitative estimate of drug-likeness (QED) is 0.360. The SMILES string of the molecule is CC[O][Al]([O]CC)[O][Si](Cc1ccccc1)(Cc1ccccc1)Cc1ccccc1. The molecule has 3 nitrogen and oxygen atoms in total. The third-order valence-corrected chi connectivity index (χ3v) is 12.2. The Bertz CT molecular complexity index is 739. The second-order valence-electron chi connectivity index (χ2n) is 7.49. The molecule has 0 amide bonds. The van der Waals surface area contributed by atoms with Gasteiger partial charge in [0.05, 0.1) is 0 Å². The number of rotatable bonds is 12. The third-order valence-electron chi connectivity index (χ3n) is 5.06. The summed E-state index contributed by atoms with van der Waals surface area (Å²) >= 11 is -2.22. The maximum atomic E-state index is 6.96. The largest absolute Gasteiger partial charge is 0.894 e. The van der Waals surface area contributed by atoms with Crippen molar-refractivity contribution >= 4 is 23.5 Å². The minimum Gasteiger partial charge on any atom is -0.498 e. The molecule has 0 spiro atoms. The van der Waals surface area contributed by atoms with Gasteiger partial charge >= 0.3 is 15.1 Å². The van der Waals surface area contributed by atoms with E-state index in [1.165, 1.54) is 16.7 Å². The normalized spacial score (nSPS) is 11.4. The molecule has 3 aromatic carbocycles. The van der Waals surface area contributed by atoms with Crippen molar-refractivity contribution in [2.24, 2.45) is 0 Å². The fraction of sp³-hybridized carbons (Fsp3) is 0.280. The Hall–Kier alpha value is -1.71. The fourth-order valence-electron chi connectivity index (χ4n) is 3.81. The Kier molecular flexibility index (Phi) is 9.35. The first kappa shape index (κ1) is 23.0. The highest BCUT2D eigenvalue weighted by molar-refractivity contribution is 6.77. The number of hydrogen-bond donors (Lipinski definition) is 0. The molecule has 0 fully saturated rings. The average Bonchev–Trinajstić information content (AvgIpc) is 2.76. The van der Waals surface area contributed by atoms with Gasteiger partial charge in [0.2, 0.25) is 0 Å². The highest BCUT2D eigenvalue weighted by atomic mass is 28.4.